The summed E-state index contributed by atoms with van der Waals surface area (Å²) in [6.45, 7) is 15.2. The van der Waals surface area contributed by atoms with Crippen LogP contribution in [0.5, 0.6) is 0 Å². The van der Waals surface area contributed by atoms with E-state index in [0.717, 1.165) is 13.1 Å². The molecule has 1 aliphatic rings. The maximum Gasteiger partial charge on any atom is 0.0449 e. The molecule has 0 aromatic heterocycles. The minimum atomic E-state index is 0.395. The van der Waals surface area contributed by atoms with Crippen molar-refractivity contribution in [2.45, 2.75) is 53.1 Å². The minimum Gasteiger partial charge on any atom is -0.307 e. The fourth-order valence-corrected chi connectivity index (χ4v) is 3.24. The number of piperazine rings is 1. The topological polar surface area (TPSA) is 15.3 Å². The lowest BCUT2D eigenvalue weighted by Crippen LogP contribution is -2.56. The van der Waals surface area contributed by atoms with E-state index in [1.165, 1.54) is 18.5 Å². The monoisotopic (exact) mass is 288 g/mol. The van der Waals surface area contributed by atoms with Crippen LogP contribution in [0.15, 0.2) is 30.3 Å². The zero-order valence-electron chi connectivity index (χ0n) is 14.4. The van der Waals surface area contributed by atoms with Crippen molar-refractivity contribution >= 4 is 0 Å². The van der Waals surface area contributed by atoms with Gasteiger partial charge >= 0.3 is 0 Å². The molecular weight excluding hydrogens is 256 g/mol. The van der Waals surface area contributed by atoms with Gasteiger partial charge in [0.15, 0.2) is 0 Å². The maximum absolute atomic E-state index is 3.76. The summed E-state index contributed by atoms with van der Waals surface area (Å²) < 4.78 is 0. The molecule has 2 heteroatoms. The number of rotatable bonds is 5. The predicted octanol–water partition coefficient (Wildman–Crippen LogP) is 4.09. The highest BCUT2D eigenvalue weighted by Gasteiger charge is 2.33. The Morgan fingerprint density at radius 3 is 2.48 bits per heavy atom. The van der Waals surface area contributed by atoms with Crippen LogP contribution in [0.1, 0.15) is 52.6 Å². The van der Waals surface area contributed by atoms with Gasteiger partial charge < -0.3 is 5.32 Å². The Morgan fingerprint density at radius 2 is 1.90 bits per heavy atom. The summed E-state index contributed by atoms with van der Waals surface area (Å²) in [6, 6.07) is 12.0. The van der Waals surface area contributed by atoms with Gasteiger partial charge in [0, 0.05) is 31.7 Å². The SMILES string of the molecule is CCC(C)(C)CN1CC(c2ccccc2)NCC1C(C)C. The second-order valence-corrected chi connectivity index (χ2v) is 7.63. The van der Waals surface area contributed by atoms with Gasteiger partial charge in [-0.3, -0.25) is 4.90 Å². The Kier molecular flexibility index (Phi) is 5.45. The van der Waals surface area contributed by atoms with E-state index in [2.05, 4.69) is 75.2 Å². The smallest absolute Gasteiger partial charge is 0.0449 e. The van der Waals surface area contributed by atoms with E-state index in [9.17, 15) is 0 Å². The lowest BCUT2D eigenvalue weighted by molar-refractivity contribution is 0.0589. The fourth-order valence-electron chi connectivity index (χ4n) is 3.24. The molecule has 1 N–H and O–H groups in total. The van der Waals surface area contributed by atoms with Gasteiger partial charge in [0.05, 0.1) is 0 Å². The van der Waals surface area contributed by atoms with Gasteiger partial charge in [-0.05, 0) is 23.3 Å². The van der Waals surface area contributed by atoms with E-state index in [1.54, 1.807) is 0 Å². The van der Waals surface area contributed by atoms with E-state index in [-0.39, 0.29) is 0 Å². The van der Waals surface area contributed by atoms with Crippen molar-refractivity contribution < 1.29 is 0 Å². The van der Waals surface area contributed by atoms with Crippen LogP contribution in [0, 0.1) is 11.3 Å². The molecule has 21 heavy (non-hydrogen) atoms. The Labute approximate surface area is 130 Å². The number of nitrogens with one attached hydrogen (secondary N) is 1. The summed E-state index contributed by atoms with van der Waals surface area (Å²) in [6.07, 6.45) is 1.23. The summed E-state index contributed by atoms with van der Waals surface area (Å²) in [5.74, 6) is 0.696. The molecule has 2 unspecified atom stereocenters. The zero-order valence-corrected chi connectivity index (χ0v) is 14.4. The first kappa shape index (κ1) is 16.5. The molecule has 0 radical (unpaired) electrons. The quantitative estimate of drug-likeness (QED) is 0.878. The van der Waals surface area contributed by atoms with Gasteiger partial charge in [-0.1, -0.05) is 65.0 Å². The first-order chi connectivity index (χ1) is 9.93. The third-order valence-corrected chi connectivity index (χ3v) is 5.02. The van der Waals surface area contributed by atoms with Gasteiger partial charge in [-0.15, -0.1) is 0 Å². The standard InChI is InChI=1S/C19H32N2/c1-6-19(4,5)14-21-13-17(16-10-8-7-9-11-16)20-12-18(21)15(2)3/h7-11,15,17-18,20H,6,12-14H2,1-5H3. The molecule has 0 spiro atoms. The van der Waals surface area contributed by atoms with Gasteiger partial charge in [-0.2, -0.15) is 0 Å². The summed E-state index contributed by atoms with van der Waals surface area (Å²) >= 11 is 0. The van der Waals surface area contributed by atoms with Crippen molar-refractivity contribution in [3.05, 3.63) is 35.9 Å². The average molecular weight is 288 g/mol. The zero-order chi connectivity index (χ0) is 15.5. The Bertz CT molecular complexity index is 424. The van der Waals surface area contributed by atoms with Crippen LogP contribution in [0.3, 0.4) is 0 Å². The van der Waals surface area contributed by atoms with Crippen LogP contribution in [0.4, 0.5) is 0 Å². The predicted molar refractivity (Wildman–Crippen MR) is 91.5 cm³/mol. The van der Waals surface area contributed by atoms with Gasteiger partial charge in [0.1, 0.15) is 0 Å². The van der Waals surface area contributed by atoms with Gasteiger partial charge in [-0.25, -0.2) is 0 Å². The van der Waals surface area contributed by atoms with Crippen LogP contribution in [-0.2, 0) is 0 Å². The van der Waals surface area contributed by atoms with E-state index in [0.29, 0.717) is 23.4 Å². The van der Waals surface area contributed by atoms with E-state index < -0.39 is 0 Å². The average Bonchev–Trinajstić information content (AvgIpc) is 2.47. The van der Waals surface area contributed by atoms with Crippen molar-refractivity contribution in [2.24, 2.45) is 11.3 Å². The molecular formula is C19H32N2. The summed E-state index contributed by atoms with van der Waals surface area (Å²) in [4.78, 5) is 2.72. The fraction of sp³-hybridized carbons (Fsp3) is 0.684. The minimum absolute atomic E-state index is 0.395. The van der Waals surface area contributed by atoms with E-state index >= 15 is 0 Å². The number of benzene rings is 1. The molecule has 1 heterocycles. The van der Waals surface area contributed by atoms with Crippen LogP contribution >= 0.6 is 0 Å². The van der Waals surface area contributed by atoms with Crippen LogP contribution in [-0.4, -0.2) is 30.6 Å². The molecule has 0 amide bonds. The van der Waals surface area contributed by atoms with Crippen LogP contribution in [0.2, 0.25) is 0 Å². The van der Waals surface area contributed by atoms with Crippen molar-refractivity contribution in [2.75, 3.05) is 19.6 Å². The molecule has 118 valence electrons. The first-order valence-electron chi connectivity index (χ1n) is 8.45. The molecule has 2 atom stereocenters. The lowest BCUT2D eigenvalue weighted by Gasteiger charge is -2.45. The number of hydrogen-bond donors (Lipinski definition) is 1. The van der Waals surface area contributed by atoms with E-state index in [4.69, 9.17) is 0 Å². The molecule has 1 saturated heterocycles. The highest BCUT2D eigenvalue weighted by atomic mass is 15.2. The molecule has 1 fully saturated rings. The van der Waals surface area contributed by atoms with Crippen molar-refractivity contribution in [3.8, 4) is 0 Å². The van der Waals surface area contributed by atoms with Crippen molar-refractivity contribution in [1.82, 2.24) is 10.2 Å². The highest BCUT2D eigenvalue weighted by molar-refractivity contribution is 5.20. The maximum atomic E-state index is 3.76. The second-order valence-electron chi connectivity index (χ2n) is 7.63. The van der Waals surface area contributed by atoms with Crippen LogP contribution in [0.25, 0.3) is 0 Å². The second kappa shape index (κ2) is 6.93. The van der Waals surface area contributed by atoms with Crippen LogP contribution < -0.4 is 5.32 Å². The summed E-state index contributed by atoms with van der Waals surface area (Å²) in [7, 11) is 0. The largest absolute Gasteiger partial charge is 0.307 e. The Balaban J connectivity index is 2.12. The van der Waals surface area contributed by atoms with Gasteiger partial charge in [0.25, 0.3) is 0 Å². The Morgan fingerprint density at radius 1 is 1.24 bits per heavy atom. The molecule has 0 bridgehead atoms. The third kappa shape index (κ3) is 4.31. The molecule has 0 saturated carbocycles. The third-order valence-electron chi connectivity index (χ3n) is 5.02. The molecule has 0 aliphatic carbocycles. The molecule has 1 aliphatic heterocycles. The first-order valence-corrected chi connectivity index (χ1v) is 8.45. The summed E-state index contributed by atoms with van der Waals surface area (Å²) in [5, 5.41) is 3.76. The normalized spacial score (nSPS) is 24.5. The molecule has 2 nitrogen and oxygen atoms in total. The Hall–Kier alpha value is -0.860. The van der Waals surface area contributed by atoms with Crippen molar-refractivity contribution in [1.29, 1.82) is 0 Å². The number of hydrogen-bond acceptors (Lipinski definition) is 2. The molecule has 1 aromatic rings. The molecule has 2 rings (SSSR count). The van der Waals surface area contributed by atoms with Gasteiger partial charge in [0.2, 0.25) is 0 Å². The van der Waals surface area contributed by atoms with Crippen molar-refractivity contribution in [3.63, 3.8) is 0 Å². The van der Waals surface area contributed by atoms with E-state index in [1.807, 2.05) is 0 Å². The lowest BCUT2D eigenvalue weighted by atomic mass is 9.86. The number of nitrogens with zero attached hydrogens (tertiary/aromatic N) is 1. The molecule has 1 aromatic carbocycles. The summed E-state index contributed by atoms with van der Waals surface area (Å²) in [5.41, 5.74) is 1.81. The highest BCUT2D eigenvalue weighted by Crippen LogP contribution is 2.28.